The molecule has 116 valence electrons. The normalized spacial score (nSPS) is 14.4. The van der Waals surface area contributed by atoms with Crippen molar-refractivity contribution in [3.05, 3.63) is 28.5 Å². The highest BCUT2D eigenvalue weighted by atomic mass is 35.5. The van der Waals surface area contributed by atoms with Crippen LogP contribution in [0.4, 0.5) is 4.39 Å². The van der Waals surface area contributed by atoms with E-state index in [1.807, 2.05) is 20.8 Å². The zero-order valence-corrected chi connectivity index (χ0v) is 13.7. The summed E-state index contributed by atoms with van der Waals surface area (Å²) in [6, 6.07) is 2.09. The third kappa shape index (κ3) is 4.48. The number of hydrogen-bond acceptors (Lipinski definition) is 3. The number of aliphatic hydroxyl groups is 1. The molecule has 0 aliphatic heterocycles. The largest absolute Gasteiger partial charge is 0.489 e. The Hall–Kier alpha value is -0.550. The molecular formula is C14H22Cl2FNO2. The van der Waals surface area contributed by atoms with Crippen LogP contribution in [0.3, 0.4) is 0 Å². The highest BCUT2D eigenvalue weighted by molar-refractivity contribution is 6.32. The van der Waals surface area contributed by atoms with Gasteiger partial charge in [0.2, 0.25) is 0 Å². The van der Waals surface area contributed by atoms with Gasteiger partial charge in [-0.15, -0.1) is 12.4 Å². The first-order valence-electron chi connectivity index (χ1n) is 6.23. The molecule has 1 aromatic carbocycles. The van der Waals surface area contributed by atoms with Crippen molar-refractivity contribution in [3.63, 3.8) is 0 Å². The van der Waals surface area contributed by atoms with Gasteiger partial charge in [0, 0.05) is 0 Å². The molecule has 0 aliphatic carbocycles. The number of nitrogens with two attached hydrogens (primary N) is 1. The lowest BCUT2D eigenvalue weighted by Crippen LogP contribution is -2.37. The molecular weight excluding hydrogens is 304 g/mol. The number of aliphatic hydroxyl groups excluding tert-OH is 1. The van der Waals surface area contributed by atoms with E-state index < -0.39 is 23.4 Å². The molecule has 0 spiro atoms. The fourth-order valence-electron chi connectivity index (χ4n) is 1.78. The molecule has 2 atom stereocenters. The Morgan fingerprint density at radius 3 is 2.35 bits per heavy atom. The van der Waals surface area contributed by atoms with E-state index in [1.165, 1.54) is 12.1 Å². The molecule has 0 amide bonds. The minimum absolute atomic E-state index is 0. The van der Waals surface area contributed by atoms with Gasteiger partial charge in [0.05, 0.1) is 23.8 Å². The van der Waals surface area contributed by atoms with Gasteiger partial charge in [-0.2, -0.15) is 0 Å². The molecule has 0 aromatic heterocycles. The average molecular weight is 326 g/mol. The maximum absolute atomic E-state index is 13.9. The Kier molecular flexibility index (Phi) is 7.25. The highest BCUT2D eigenvalue weighted by Crippen LogP contribution is 2.34. The summed E-state index contributed by atoms with van der Waals surface area (Å²) < 4.78 is 19.0. The Bertz CT molecular complexity index is 426. The van der Waals surface area contributed by atoms with E-state index in [-0.39, 0.29) is 23.2 Å². The summed E-state index contributed by atoms with van der Waals surface area (Å²) in [5, 5.41) is 10.3. The topological polar surface area (TPSA) is 55.5 Å². The van der Waals surface area contributed by atoms with Crippen LogP contribution in [0.1, 0.15) is 39.3 Å². The van der Waals surface area contributed by atoms with Crippen LogP contribution < -0.4 is 10.5 Å². The third-order valence-electron chi connectivity index (χ3n) is 2.92. The molecule has 3 nitrogen and oxygen atoms in total. The standard InChI is InChI=1S/C14H21ClFNO2.ClH/c1-5-19-12-9(15)6-8(7-10(12)16)11(17)13(18)14(2,3)4;/h6-7,11,13,18H,5,17H2,1-4H3;1H/t11-,13-;/m1./s1. The van der Waals surface area contributed by atoms with Gasteiger partial charge < -0.3 is 15.6 Å². The second-order valence-electron chi connectivity index (χ2n) is 5.58. The predicted molar refractivity (Wildman–Crippen MR) is 82.2 cm³/mol. The maximum Gasteiger partial charge on any atom is 0.173 e. The van der Waals surface area contributed by atoms with Gasteiger partial charge in [0.15, 0.2) is 11.6 Å². The van der Waals surface area contributed by atoms with Crippen molar-refractivity contribution in [2.45, 2.75) is 39.8 Å². The van der Waals surface area contributed by atoms with E-state index in [4.69, 9.17) is 22.1 Å². The van der Waals surface area contributed by atoms with E-state index in [0.717, 1.165) is 0 Å². The van der Waals surface area contributed by atoms with Gasteiger partial charge in [0.1, 0.15) is 0 Å². The van der Waals surface area contributed by atoms with E-state index in [1.54, 1.807) is 6.92 Å². The van der Waals surface area contributed by atoms with Crippen LogP contribution in [-0.4, -0.2) is 17.8 Å². The summed E-state index contributed by atoms with van der Waals surface area (Å²) in [7, 11) is 0. The first kappa shape index (κ1) is 19.4. The summed E-state index contributed by atoms with van der Waals surface area (Å²) in [4.78, 5) is 0. The zero-order valence-electron chi connectivity index (χ0n) is 12.1. The molecule has 3 N–H and O–H groups in total. The number of ether oxygens (including phenoxy) is 1. The average Bonchev–Trinajstić information content (AvgIpc) is 2.30. The van der Waals surface area contributed by atoms with E-state index in [2.05, 4.69) is 0 Å². The van der Waals surface area contributed by atoms with Crippen LogP contribution >= 0.6 is 24.0 Å². The lowest BCUT2D eigenvalue weighted by molar-refractivity contribution is 0.0400. The van der Waals surface area contributed by atoms with Gasteiger partial charge in [-0.25, -0.2) is 4.39 Å². The summed E-state index contributed by atoms with van der Waals surface area (Å²) in [5.74, 6) is -0.550. The van der Waals surface area contributed by atoms with Gasteiger partial charge in [-0.05, 0) is 30.0 Å². The number of hydrogen-bond donors (Lipinski definition) is 2. The van der Waals surface area contributed by atoms with E-state index >= 15 is 0 Å². The summed E-state index contributed by atoms with van der Waals surface area (Å²) in [6.45, 7) is 7.67. The minimum atomic E-state index is -0.805. The van der Waals surface area contributed by atoms with Gasteiger partial charge in [-0.3, -0.25) is 0 Å². The summed E-state index contributed by atoms with van der Waals surface area (Å²) in [5.41, 5.74) is 6.02. The van der Waals surface area contributed by atoms with Gasteiger partial charge in [0.25, 0.3) is 0 Å². The van der Waals surface area contributed by atoms with Crippen molar-refractivity contribution >= 4 is 24.0 Å². The molecule has 0 aliphatic rings. The molecule has 1 rings (SSSR count). The fraction of sp³-hybridized carbons (Fsp3) is 0.571. The van der Waals surface area contributed by atoms with Crippen molar-refractivity contribution < 1.29 is 14.2 Å². The molecule has 0 radical (unpaired) electrons. The molecule has 0 fully saturated rings. The van der Waals surface area contributed by atoms with Crippen LogP contribution in [0.25, 0.3) is 0 Å². The van der Waals surface area contributed by atoms with Crippen molar-refractivity contribution in [2.24, 2.45) is 11.1 Å². The number of halogens is 3. The smallest absolute Gasteiger partial charge is 0.173 e. The number of rotatable bonds is 4. The molecule has 0 bridgehead atoms. The van der Waals surface area contributed by atoms with Crippen LogP contribution in [0.2, 0.25) is 5.02 Å². The van der Waals surface area contributed by atoms with Crippen LogP contribution in [0, 0.1) is 11.2 Å². The molecule has 6 heteroatoms. The Morgan fingerprint density at radius 1 is 1.40 bits per heavy atom. The molecule has 0 heterocycles. The van der Waals surface area contributed by atoms with Crippen LogP contribution in [0.15, 0.2) is 12.1 Å². The fourth-order valence-corrected chi connectivity index (χ4v) is 2.05. The third-order valence-corrected chi connectivity index (χ3v) is 3.20. The number of benzene rings is 1. The Morgan fingerprint density at radius 2 is 1.95 bits per heavy atom. The second kappa shape index (κ2) is 7.46. The molecule has 0 unspecified atom stereocenters. The summed E-state index contributed by atoms with van der Waals surface area (Å²) in [6.07, 6.45) is -0.805. The molecule has 0 saturated carbocycles. The quantitative estimate of drug-likeness (QED) is 0.887. The maximum atomic E-state index is 13.9. The second-order valence-corrected chi connectivity index (χ2v) is 5.99. The first-order chi connectivity index (χ1) is 8.68. The zero-order chi connectivity index (χ0) is 14.8. The lowest BCUT2D eigenvalue weighted by atomic mass is 9.82. The SMILES string of the molecule is CCOc1c(F)cc([C@@H](N)[C@@H](O)C(C)(C)C)cc1Cl.Cl. The van der Waals surface area contributed by atoms with Crippen molar-refractivity contribution in [1.82, 2.24) is 0 Å². The molecule has 1 aromatic rings. The van der Waals surface area contributed by atoms with Crippen molar-refractivity contribution in [3.8, 4) is 5.75 Å². The summed E-state index contributed by atoms with van der Waals surface area (Å²) >= 11 is 5.97. The first-order valence-corrected chi connectivity index (χ1v) is 6.61. The van der Waals surface area contributed by atoms with Crippen molar-refractivity contribution in [2.75, 3.05) is 6.61 Å². The van der Waals surface area contributed by atoms with E-state index in [9.17, 15) is 9.50 Å². The Labute approximate surface area is 130 Å². The monoisotopic (exact) mass is 325 g/mol. The predicted octanol–water partition coefficient (Wildman–Crippen LogP) is 3.71. The van der Waals surface area contributed by atoms with Gasteiger partial charge >= 0.3 is 0 Å². The lowest BCUT2D eigenvalue weighted by Gasteiger charge is -2.31. The highest BCUT2D eigenvalue weighted by Gasteiger charge is 2.30. The van der Waals surface area contributed by atoms with Gasteiger partial charge in [-0.1, -0.05) is 32.4 Å². The van der Waals surface area contributed by atoms with Crippen LogP contribution in [-0.2, 0) is 0 Å². The molecule has 0 saturated heterocycles. The minimum Gasteiger partial charge on any atom is -0.489 e. The van der Waals surface area contributed by atoms with E-state index in [0.29, 0.717) is 12.2 Å². The Balaban J connectivity index is 0.00000361. The van der Waals surface area contributed by atoms with Crippen LogP contribution in [0.5, 0.6) is 5.75 Å². The molecule has 20 heavy (non-hydrogen) atoms. The van der Waals surface area contributed by atoms with Crippen molar-refractivity contribution in [1.29, 1.82) is 0 Å².